The van der Waals surface area contributed by atoms with Crippen molar-refractivity contribution < 1.29 is 9.59 Å². The van der Waals surface area contributed by atoms with Crippen molar-refractivity contribution in [2.75, 3.05) is 13.1 Å². The second-order valence-electron chi connectivity index (χ2n) is 7.64. The van der Waals surface area contributed by atoms with E-state index in [1.54, 1.807) is 24.3 Å². The summed E-state index contributed by atoms with van der Waals surface area (Å²) >= 11 is 11.9. The first kappa shape index (κ1) is 22.6. The molecule has 1 aliphatic heterocycles. The Hall–Kier alpha value is -2.08. The zero-order valence-corrected chi connectivity index (χ0v) is 18.3. The Balaban J connectivity index is 1.67. The highest BCUT2D eigenvalue weighted by atomic mass is 35.5. The van der Waals surface area contributed by atoms with Crippen molar-refractivity contribution in [3.05, 3.63) is 69.7 Å². The highest BCUT2D eigenvalue weighted by molar-refractivity contribution is 6.30. The van der Waals surface area contributed by atoms with Gasteiger partial charge in [0.05, 0.1) is 6.42 Å². The number of amides is 2. The van der Waals surface area contributed by atoms with E-state index < -0.39 is 6.04 Å². The molecule has 1 saturated heterocycles. The molecule has 1 fully saturated rings. The van der Waals surface area contributed by atoms with Crippen LogP contribution in [0.4, 0.5) is 0 Å². The van der Waals surface area contributed by atoms with E-state index in [0.29, 0.717) is 16.5 Å². The lowest BCUT2D eigenvalue weighted by Crippen LogP contribution is -2.51. The van der Waals surface area contributed by atoms with Crippen LogP contribution in [0.15, 0.2) is 48.5 Å². The van der Waals surface area contributed by atoms with Crippen molar-refractivity contribution >= 4 is 35.0 Å². The van der Waals surface area contributed by atoms with E-state index in [0.717, 1.165) is 43.5 Å². The van der Waals surface area contributed by atoms with Crippen LogP contribution in [0.5, 0.6) is 0 Å². The number of rotatable bonds is 7. The van der Waals surface area contributed by atoms with Crippen LogP contribution in [0.25, 0.3) is 0 Å². The summed E-state index contributed by atoms with van der Waals surface area (Å²) in [6.07, 6.45) is 3.44. The maximum atomic E-state index is 13.0. The van der Waals surface area contributed by atoms with Gasteiger partial charge in [0.25, 0.3) is 0 Å². The van der Waals surface area contributed by atoms with E-state index in [1.165, 1.54) is 0 Å². The molecule has 0 spiro atoms. The van der Waals surface area contributed by atoms with E-state index in [1.807, 2.05) is 24.3 Å². The van der Waals surface area contributed by atoms with Gasteiger partial charge in [0.2, 0.25) is 11.8 Å². The standard InChI is InChI=1S/C23H27Cl2N3O2/c24-18-7-3-16(4-8-18)14-21(23(30)27-20-2-1-12-26-13-11-20)28-22(29)15-17-5-9-19(25)10-6-17/h3-10,20-21,26H,1-2,11-15H2,(H,27,30)(H,28,29)/t20?,21-/m1/s1. The van der Waals surface area contributed by atoms with Crippen LogP contribution in [0.1, 0.15) is 30.4 Å². The molecule has 5 nitrogen and oxygen atoms in total. The fourth-order valence-corrected chi connectivity index (χ4v) is 3.82. The minimum Gasteiger partial charge on any atom is -0.352 e. The topological polar surface area (TPSA) is 70.2 Å². The molecule has 2 atom stereocenters. The third-order valence-electron chi connectivity index (χ3n) is 5.20. The number of hydrogen-bond donors (Lipinski definition) is 3. The van der Waals surface area contributed by atoms with Crippen LogP contribution in [-0.2, 0) is 22.4 Å². The SMILES string of the molecule is O=C(Cc1ccc(Cl)cc1)N[C@H](Cc1ccc(Cl)cc1)C(=O)NC1CCCNCC1. The van der Waals surface area contributed by atoms with E-state index >= 15 is 0 Å². The van der Waals surface area contributed by atoms with Crippen LogP contribution in [0.3, 0.4) is 0 Å². The molecule has 7 heteroatoms. The van der Waals surface area contributed by atoms with Gasteiger partial charge in [-0.3, -0.25) is 9.59 Å². The number of benzene rings is 2. The summed E-state index contributed by atoms with van der Waals surface area (Å²) in [7, 11) is 0. The van der Waals surface area contributed by atoms with Gasteiger partial charge in [-0.1, -0.05) is 47.5 Å². The predicted molar refractivity (Wildman–Crippen MR) is 121 cm³/mol. The molecule has 160 valence electrons. The quantitative estimate of drug-likeness (QED) is 0.607. The first-order valence-electron chi connectivity index (χ1n) is 10.3. The van der Waals surface area contributed by atoms with Crippen molar-refractivity contribution in [3.8, 4) is 0 Å². The smallest absolute Gasteiger partial charge is 0.243 e. The van der Waals surface area contributed by atoms with Gasteiger partial charge in [0.15, 0.2) is 0 Å². The number of hydrogen-bond acceptors (Lipinski definition) is 3. The third kappa shape index (κ3) is 7.31. The summed E-state index contributed by atoms with van der Waals surface area (Å²) in [5.74, 6) is -0.352. The molecule has 0 aliphatic carbocycles. The normalized spacial score (nSPS) is 17.6. The van der Waals surface area contributed by atoms with Crippen molar-refractivity contribution in [1.82, 2.24) is 16.0 Å². The molecule has 1 unspecified atom stereocenters. The van der Waals surface area contributed by atoms with E-state index in [2.05, 4.69) is 16.0 Å². The molecule has 0 radical (unpaired) electrons. The molecule has 2 aromatic carbocycles. The molecule has 3 N–H and O–H groups in total. The molecule has 1 heterocycles. The molecule has 2 amide bonds. The summed E-state index contributed by atoms with van der Waals surface area (Å²) < 4.78 is 0. The van der Waals surface area contributed by atoms with Gasteiger partial charge in [-0.15, -0.1) is 0 Å². The number of carbonyl (C=O) groups excluding carboxylic acids is 2. The lowest BCUT2D eigenvalue weighted by atomic mass is 10.0. The van der Waals surface area contributed by atoms with Crippen molar-refractivity contribution in [3.63, 3.8) is 0 Å². The summed E-state index contributed by atoms with van der Waals surface area (Å²) in [5, 5.41) is 10.6. The average Bonchev–Trinajstić information content (AvgIpc) is 2.99. The summed E-state index contributed by atoms with van der Waals surface area (Å²) in [4.78, 5) is 25.7. The monoisotopic (exact) mass is 447 g/mol. The van der Waals surface area contributed by atoms with Crippen molar-refractivity contribution in [1.29, 1.82) is 0 Å². The van der Waals surface area contributed by atoms with Crippen LogP contribution >= 0.6 is 23.2 Å². The molecule has 1 aliphatic rings. The highest BCUT2D eigenvalue weighted by Gasteiger charge is 2.24. The molecular weight excluding hydrogens is 421 g/mol. The van der Waals surface area contributed by atoms with E-state index in [4.69, 9.17) is 23.2 Å². The fourth-order valence-electron chi connectivity index (χ4n) is 3.56. The number of halogens is 2. The third-order valence-corrected chi connectivity index (χ3v) is 5.71. The Bertz CT molecular complexity index is 833. The molecule has 2 aromatic rings. The number of carbonyl (C=O) groups is 2. The van der Waals surface area contributed by atoms with Gasteiger partial charge >= 0.3 is 0 Å². The number of nitrogens with one attached hydrogen (secondary N) is 3. The largest absolute Gasteiger partial charge is 0.352 e. The van der Waals surface area contributed by atoms with E-state index in [9.17, 15) is 9.59 Å². The van der Waals surface area contributed by atoms with Crippen LogP contribution in [0.2, 0.25) is 10.0 Å². The van der Waals surface area contributed by atoms with Crippen molar-refractivity contribution in [2.24, 2.45) is 0 Å². The maximum Gasteiger partial charge on any atom is 0.243 e. The Morgan fingerprint density at radius 1 is 0.933 bits per heavy atom. The van der Waals surface area contributed by atoms with Gasteiger partial charge in [-0.2, -0.15) is 0 Å². The molecule has 0 saturated carbocycles. The van der Waals surface area contributed by atoms with Crippen molar-refractivity contribution in [2.45, 2.75) is 44.2 Å². The molecule has 0 bridgehead atoms. The Morgan fingerprint density at radius 2 is 1.57 bits per heavy atom. The molecular formula is C23H27Cl2N3O2. The maximum absolute atomic E-state index is 13.0. The summed E-state index contributed by atoms with van der Waals surface area (Å²) in [6, 6.07) is 13.9. The zero-order valence-electron chi connectivity index (χ0n) is 16.8. The average molecular weight is 448 g/mol. The molecule has 3 rings (SSSR count). The van der Waals surface area contributed by atoms with E-state index in [-0.39, 0.29) is 24.3 Å². The first-order valence-corrected chi connectivity index (χ1v) is 11.0. The van der Waals surface area contributed by atoms with Gasteiger partial charge in [0, 0.05) is 22.5 Å². The van der Waals surface area contributed by atoms with Crippen LogP contribution < -0.4 is 16.0 Å². The minimum absolute atomic E-state index is 0.119. The van der Waals surface area contributed by atoms with Crippen LogP contribution in [-0.4, -0.2) is 37.0 Å². The first-order chi connectivity index (χ1) is 14.5. The second kappa shape index (κ2) is 11.3. The predicted octanol–water partition coefficient (Wildman–Crippen LogP) is 3.52. The zero-order chi connectivity index (χ0) is 21.3. The lowest BCUT2D eigenvalue weighted by molar-refractivity contribution is -0.129. The second-order valence-corrected chi connectivity index (χ2v) is 8.51. The Morgan fingerprint density at radius 3 is 2.23 bits per heavy atom. The Labute approximate surface area is 187 Å². The van der Waals surface area contributed by atoms with Gasteiger partial charge in [-0.05, 0) is 67.7 Å². The lowest BCUT2D eigenvalue weighted by Gasteiger charge is -2.23. The minimum atomic E-state index is -0.651. The Kier molecular flexibility index (Phi) is 8.55. The van der Waals surface area contributed by atoms with Gasteiger partial charge in [-0.25, -0.2) is 0 Å². The summed E-state index contributed by atoms with van der Waals surface area (Å²) in [6.45, 7) is 1.86. The highest BCUT2D eigenvalue weighted by Crippen LogP contribution is 2.13. The van der Waals surface area contributed by atoms with Crippen LogP contribution in [0, 0.1) is 0 Å². The fraction of sp³-hybridized carbons (Fsp3) is 0.391. The van der Waals surface area contributed by atoms with Gasteiger partial charge < -0.3 is 16.0 Å². The summed E-state index contributed by atoms with van der Waals surface area (Å²) in [5.41, 5.74) is 1.78. The molecule has 0 aromatic heterocycles. The van der Waals surface area contributed by atoms with Gasteiger partial charge in [0.1, 0.15) is 6.04 Å². The molecule has 30 heavy (non-hydrogen) atoms.